The lowest BCUT2D eigenvalue weighted by Crippen LogP contribution is -2.01. The zero-order valence-corrected chi connectivity index (χ0v) is 11.1. The van der Waals surface area contributed by atoms with E-state index in [2.05, 4.69) is 12.1 Å². The van der Waals surface area contributed by atoms with Crippen LogP contribution in [0.1, 0.15) is 16.7 Å². The summed E-state index contributed by atoms with van der Waals surface area (Å²) in [5.41, 5.74) is 8.91. The molecule has 0 aromatic heterocycles. The van der Waals surface area contributed by atoms with Gasteiger partial charge in [-0.15, -0.1) is 0 Å². The van der Waals surface area contributed by atoms with E-state index < -0.39 is 0 Å². The van der Waals surface area contributed by atoms with E-state index in [9.17, 15) is 0 Å². The van der Waals surface area contributed by atoms with Gasteiger partial charge in [0.25, 0.3) is 0 Å². The van der Waals surface area contributed by atoms with Gasteiger partial charge in [0.2, 0.25) is 0 Å². The first-order valence-electron chi connectivity index (χ1n) is 6.31. The molecular weight excluding hydrogens is 238 g/mol. The minimum atomic E-state index is 0.480. The predicted octanol–water partition coefficient (Wildman–Crippen LogP) is 2.87. The molecule has 0 fully saturated rings. The van der Waals surface area contributed by atoms with Gasteiger partial charge in [-0.2, -0.15) is 0 Å². The fourth-order valence-electron chi connectivity index (χ4n) is 1.91. The molecule has 2 aromatic rings. The summed E-state index contributed by atoms with van der Waals surface area (Å²) >= 11 is 0. The number of ether oxygens (including phenoxy) is 2. The fourth-order valence-corrected chi connectivity index (χ4v) is 1.91. The summed E-state index contributed by atoms with van der Waals surface area (Å²) < 4.78 is 11.0. The van der Waals surface area contributed by atoms with Crippen LogP contribution in [0.3, 0.4) is 0 Å². The molecular formula is C16H19NO2. The Hall–Kier alpha value is -1.84. The summed E-state index contributed by atoms with van der Waals surface area (Å²) in [6.07, 6.45) is 0. The minimum Gasteiger partial charge on any atom is -0.496 e. The lowest BCUT2D eigenvalue weighted by atomic mass is 10.1. The van der Waals surface area contributed by atoms with Gasteiger partial charge in [-0.3, -0.25) is 0 Å². The van der Waals surface area contributed by atoms with Gasteiger partial charge in [0.15, 0.2) is 0 Å². The standard InChI is InChI=1S/C16H19NO2/c1-18-16-9-14(7-8-15(16)10-17)12-19-11-13-5-3-2-4-6-13/h2-9H,10-12,17H2,1H3. The Balaban J connectivity index is 1.93. The van der Waals surface area contributed by atoms with Crippen molar-refractivity contribution in [1.29, 1.82) is 0 Å². The summed E-state index contributed by atoms with van der Waals surface area (Å²) in [6.45, 7) is 1.66. The van der Waals surface area contributed by atoms with Gasteiger partial charge < -0.3 is 15.2 Å². The van der Waals surface area contributed by atoms with Crippen molar-refractivity contribution in [2.24, 2.45) is 5.73 Å². The maximum Gasteiger partial charge on any atom is 0.123 e. The molecule has 3 nitrogen and oxygen atoms in total. The fraction of sp³-hybridized carbons (Fsp3) is 0.250. The van der Waals surface area contributed by atoms with Gasteiger partial charge >= 0.3 is 0 Å². The molecule has 0 atom stereocenters. The van der Waals surface area contributed by atoms with Crippen molar-refractivity contribution in [3.05, 3.63) is 65.2 Å². The molecule has 2 N–H and O–H groups in total. The van der Waals surface area contributed by atoms with Crippen LogP contribution in [0.15, 0.2) is 48.5 Å². The summed E-state index contributed by atoms with van der Waals surface area (Å²) in [7, 11) is 1.66. The average Bonchev–Trinajstić information content (AvgIpc) is 2.48. The van der Waals surface area contributed by atoms with Crippen molar-refractivity contribution < 1.29 is 9.47 Å². The van der Waals surface area contributed by atoms with Gasteiger partial charge in [0.1, 0.15) is 5.75 Å². The number of methoxy groups -OCH3 is 1. The van der Waals surface area contributed by atoms with Crippen LogP contribution in [-0.4, -0.2) is 7.11 Å². The van der Waals surface area contributed by atoms with Crippen LogP contribution in [0, 0.1) is 0 Å². The van der Waals surface area contributed by atoms with E-state index in [-0.39, 0.29) is 0 Å². The van der Waals surface area contributed by atoms with E-state index >= 15 is 0 Å². The SMILES string of the molecule is COc1cc(COCc2ccccc2)ccc1CN. The zero-order valence-electron chi connectivity index (χ0n) is 11.1. The second kappa shape index (κ2) is 6.92. The second-order valence-electron chi connectivity index (χ2n) is 4.33. The first-order chi connectivity index (χ1) is 9.33. The first-order valence-corrected chi connectivity index (χ1v) is 6.31. The molecule has 0 aliphatic heterocycles. The Morgan fingerprint density at radius 2 is 1.68 bits per heavy atom. The summed E-state index contributed by atoms with van der Waals surface area (Å²) in [5, 5.41) is 0. The largest absolute Gasteiger partial charge is 0.496 e. The van der Waals surface area contributed by atoms with Crippen molar-refractivity contribution >= 4 is 0 Å². The highest BCUT2D eigenvalue weighted by Gasteiger charge is 2.03. The highest BCUT2D eigenvalue weighted by molar-refractivity contribution is 5.37. The van der Waals surface area contributed by atoms with E-state index in [0.29, 0.717) is 19.8 Å². The van der Waals surface area contributed by atoms with Crippen LogP contribution in [0.25, 0.3) is 0 Å². The number of rotatable bonds is 6. The minimum absolute atomic E-state index is 0.480. The van der Waals surface area contributed by atoms with E-state index in [1.54, 1.807) is 7.11 Å². The average molecular weight is 257 g/mol. The highest BCUT2D eigenvalue weighted by Crippen LogP contribution is 2.20. The maximum absolute atomic E-state index is 5.69. The molecule has 0 saturated carbocycles. The zero-order chi connectivity index (χ0) is 13.5. The van der Waals surface area contributed by atoms with E-state index in [0.717, 1.165) is 16.9 Å². The lowest BCUT2D eigenvalue weighted by molar-refractivity contribution is 0.107. The molecule has 0 heterocycles. The van der Waals surface area contributed by atoms with Gasteiger partial charge in [0, 0.05) is 12.1 Å². The Kier molecular flexibility index (Phi) is 4.95. The molecule has 100 valence electrons. The Morgan fingerprint density at radius 1 is 0.947 bits per heavy atom. The third kappa shape index (κ3) is 3.81. The molecule has 19 heavy (non-hydrogen) atoms. The van der Waals surface area contributed by atoms with E-state index in [1.807, 2.05) is 36.4 Å². The monoisotopic (exact) mass is 257 g/mol. The van der Waals surface area contributed by atoms with Crippen LogP contribution in [0.5, 0.6) is 5.75 Å². The van der Waals surface area contributed by atoms with Crippen LogP contribution >= 0.6 is 0 Å². The maximum atomic E-state index is 5.69. The Morgan fingerprint density at radius 3 is 2.37 bits per heavy atom. The van der Waals surface area contributed by atoms with E-state index in [1.165, 1.54) is 5.56 Å². The molecule has 0 aliphatic carbocycles. The molecule has 0 aliphatic rings. The van der Waals surface area contributed by atoms with E-state index in [4.69, 9.17) is 15.2 Å². The van der Waals surface area contributed by atoms with Gasteiger partial charge in [-0.25, -0.2) is 0 Å². The summed E-state index contributed by atoms with van der Waals surface area (Å²) in [6, 6.07) is 16.1. The molecule has 0 amide bonds. The van der Waals surface area contributed by atoms with Gasteiger partial charge in [-0.1, -0.05) is 42.5 Å². The highest BCUT2D eigenvalue weighted by atomic mass is 16.5. The molecule has 0 radical (unpaired) electrons. The molecule has 0 spiro atoms. The van der Waals surface area contributed by atoms with Crippen molar-refractivity contribution in [2.45, 2.75) is 19.8 Å². The first kappa shape index (κ1) is 13.6. The van der Waals surface area contributed by atoms with Crippen LogP contribution in [-0.2, 0) is 24.5 Å². The Labute approximate surface area is 114 Å². The molecule has 0 bridgehead atoms. The van der Waals surface area contributed by atoms with Crippen molar-refractivity contribution in [3.63, 3.8) is 0 Å². The third-order valence-corrected chi connectivity index (χ3v) is 2.95. The normalized spacial score (nSPS) is 10.4. The van der Waals surface area contributed by atoms with Gasteiger partial charge in [-0.05, 0) is 17.2 Å². The smallest absolute Gasteiger partial charge is 0.123 e. The second-order valence-corrected chi connectivity index (χ2v) is 4.33. The summed E-state index contributed by atoms with van der Waals surface area (Å²) in [5.74, 6) is 0.823. The Bertz CT molecular complexity index is 511. The number of hydrogen-bond acceptors (Lipinski definition) is 3. The molecule has 3 heteroatoms. The number of hydrogen-bond donors (Lipinski definition) is 1. The number of nitrogens with two attached hydrogens (primary N) is 1. The molecule has 0 unspecified atom stereocenters. The predicted molar refractivity (Wildman–Crippen MR) is 75.8 cm³/mol. The van der Waals surface area contributed by atoms with Crippen molar-refractivity contribution in [1.82, 2.24) is 0 Å². The van der Waals surface area contributed by atoms with Crippen LogP contribution in [0.2, 0.25) is 0 Å². The van der Waals surface area contributed by atoms with Crippen molar-refractivity contribution in [2.75, 3.05) is 7.11 Å². The van der Waals surface area contributed by atoms with Crippen LogP contribution in [0.4, 0.5) is 0 Å². The molecule has 0 saturated heterocycles. The topological polar surface area (TPSA) is 44.5 Å². The van der Waals surface area contributed by atoms with Crippen molar-refractivity contribution in [3.8, 4) is 5.75 Å². The van der Waals surface area contributed by atoms with Gasteiger partial charge in [0.05, 0.1) is 20.3 Å². The quantitative estimate of drug-likeness (QED) is 0.865. The third-order valence-electron chi connectivity index (χ3n) is 2.95. The number of benzene rings is 2. The summed E-state index contributed by atoms with van der Waals surface area (Å²) in [4.78, 5) is 0. The lowest BCUT2D eigenvalue weighted by Gasteiger charge is -2.10. The van der Waals surface area contributed by atoms with Crippen LogP contribution < -0.4 is 10.5 Å². The molecule has 2 aromatic carbocycles. The molecule has 2 rings (SSSR count).